The maximum absolute atomic E-state index is 7.44. The van der Waals surface area contributed by atoms with Crippen molar-refractivity contribution in [3.05, 3.63) is 59.2 Å². The monoisotopic (exact) mass is 332 g/mol. The molecule has 0 bridgehead atoms. The van der Waals surface area contributed by atoms with Gasteiger partial charge in [-0.3, -0.25) is 4.90 Å². The molecule has 0 aliphatic carbocycles. The molecule has 0 radical (unpaired) electrons. The Kier molecular flexibility index (Phi) is 5.37. The number of nitrogens with zero attached hydrogens (tertiary/aromatic N) is 1. The summed E-state index contributed by atoms with van der Waals surface area (Å²) in [6.07, 6.45) is 9.10. The van der Waals surface area contributed by atoms with Crippen LogP contribution in [0.5, 0.6) is 0 Å². The molecular formula is C21H24N4. The van der Waals surface area contributed by atoms with Gasteiger partial charge < -0.3 is 16.5 Å². The SMILES string of the molecule is C#Cc1cccc(CN2CCCC(Nc3ccc(N)c(C=N)c3)C2)c1. The van der Waals surface area contributed by atoms with Gasteiger partial charge in [-0.25, -0.2) is 0 Å². The van der Waals surface area contributed by atoms with Gasteiger partial charge in [0.1, 0.15) is 0 Å². The van der Waals surface area contributed by atoms with E-state index in [-0.39, 0.29) is 0 Å². The van der Waals surface area contributed by atoms with Crippen LogP contribution in [-0.4, -0.2) is 30.2 Å². The van der Waals surface area contributed by atoms with E-state index in [2.05, 4.69) is 28.3 Å². The Morgan fingerprint density at radius 3 is 3.00 bits per heavy atom. The van der Waals surface area contributed by atoms with Gasteiger partial charge in [0.15, 0.2) is 0 Å². The normalized spacial score (nSPS) is 17.6. The highest BCUT2D eigenvalue weighted by Crippen LogP contribution is 2.21. The van der Waals surface area contributed by atoms with Gasteiger partial charge in [0.2, 0.25) is 0 Å². The Balaban J connectivity index is 1.63. The van der Waals surface area contributed by atoms with Crippen LogP contribution in [0.25, 0.3) is 0 Å². The predicted octanol–water partition coefficient (Wildman–Crippen LogP) is 3.32. The summed E-state index contributed by atoms with van der Waals surface area (Å²) in [6, 6.07) is 14.4. The van der Waals surface area contributed by atoms with Crippen molar-refractivity contribution in [1.29, 1.82) is 5.41 Å². The fourth-order valence-corrected chi connectivity index (χ4v) is 3.36. The Bertz CT molecular complexity index is 791. The molecule has 4 nitrogen and oxygen atoms in total. The van der Waals surface area contributed by atoms with Gasteiger partial charge in [-0.15, -0.1) is 6.42 Å². The van der Waals surface area contributed by atoms with Gasteiger partial charge in [-0.1, -0.05) is 18.1 Å². The third-order valence-electron chi connectivity index (χ3n) is 4.62. The van der Waals surface area contributed by atoms with E-state index in [1.54, 1.807) is 0 Å². The molecule has 0 amide bonds. The molecule has 4 heteroatoms. The molecule has 1 aliphatic heterocycles. The first-order valence-electron chi connectivity index (χ1n) is 8.62. The summed E-state index contributed by atoms with van der Waals surface area (Å²) in [6.45, 7) is 3.01. The summed E-state index contributed by atoms with van der Waals surface area (Å²) < 4.78 is 0. The first-order chi connectivity index (χ1) is 12.2. The van der Waals surface area contributed by atoms with Crippen molar-refractivity contribution < 1.29 is 0 Å². The van der Waals surface area contributed by atoms with Gasteiger partial charge in [0.05, 0.1) is 0 Å². The standard InChI is InChI=1S/C21H24N4/c1-2-16-5-3-6-17(11-16)14-25-10-4-7-20(15-25)24-19-8-9-21(23)18(12-19)13-22/h1,3,5-6,8-9,11-13,20,22,24H,4,7,10,14-15,23H2. The lowest BCUT2D eigenvalue weighted by Crippen LogP contribution is -2.41. The lowest BCUT2D eigenvalue weighted by atomic mass is 10.0. The van der Waals surface area contributed by atoms with Crippen LogP contribution in [0.3, 0.4) is 0 Å². The molecule has 0 spiro atoms. The van der Waals surface area contributed by atoms with Gasteiger partial charge in [-0.05, 0) is 55.3 Å². The van der Waals surface area contributed by atoms with Crippen LogP contribution in [-0.2, 0) is 6.54 Å². The molecule has 1 saturated heterocycles. The second-order valence-electron chi connectivity index (χ2n) is 6.55. The van der Waals surface area contributed by atoms with Crippen molar-refractivity contribution >= 4 is 17.6 Å². The van der Waals surface area contributed by atoms with Gasteiger partial charge >= 0.3 is 0 Å². The highest BCUT2D eigenvalue weighted by atomic mass is 15.2. The van der Waals surface area contributed by atoms with E-state index in [0.29, 0.717) is 11.7 Å². The predicted molar refractivity (Wildman–Crippen MR) is 105 cm³/mol. The zero-order valence-electron chi connectivity index (χ0n) is 14.3. The first kappa shape index (κ1) is 17.1. The molecule has 25 heavy (non-hydrogen) atoms. The Labute approximate surface area is 149 Å². The molecule has 1 unspecified atom stereocenters. The number of rotatable bonds is 5. The molecule has 4 N–H and O–H groups in total. The smallest absolute Gasteiger partial charge is 0.0404 e. The van der Waals surface area contributed by atoms with Crippen LogP contribution in [0, 0.1) is 17.8 Å². The summed E-state index contributed by atoms with van der Waals surface area (Å²) in [4.78, 5) is 2.46. The molecule has 2 aromatic rings. The summed E-state index contributed by atoms with van der Waals surface area (Å²) in [5.74, 6) is 2.70. The van der Waals surface area contributed by atoms with Gasteiger partial charge in [-0.2, -0.15) is 0 Å². The molecule has 0 saturated carbocycles. The lowest BCUT2D eigenvalue weighted by Gasteiger charge is -2.33. The minimum absolute atomic E-state index is 0.395. The third-order valence-corrected chi connectivity index (χ3v) is 4.62. The molecule has 3 rings (SSSR count). The van der Waals surface area contributed by atoms with Crippen LogP contribution >= 0.6 is 0 Å². The van der Waals surface area contributed by atoms with Crippen LogP contribution in [0.4, 0.5) is 11.4 Å². The van der Waals surface area contributed by atoms with E-state index in [1.807, 2.05) is 30.3 Å². The quantitative estimate of drug-likeness (QED) is 0.447. The number of piperidine rings is 1. The van der Waals surface area contributed by atoms with Crippen molar-refractivity contribution in [3.8, 4) is 12.3 Å². The van der Waals surface area contributed by atoms with Gasteiger partial charge in [0, 0.05) is 47.8 Å². The molecule has 1 heterocycles. The number of hydrogen-bond donors (Lipinski definition) is 3. The topological polar surface area (TPSA) is 65.1 Å². The Morgan fingerprint density at radius 2 is 2.20 bits per heavy atom. The second-order valence-corrected chi connectivity index (χ2v) is 6.55. The molecule has 1 aliphatic rings. The molecular weight excluding hydrogens is 308 g/mol. The average Bonchev–Trinajstić information content (AvgIpc) is 2.64. The van der Waals surface area contributed by atoms with E-state index < -0.39 is 0 Å². The summed E-state index contributed by atoms with van der Waals surface area (Å²) >= 11 is 0. The van der Waals surface area contributed by atoms with E-state index in [9.17, 15) is 0 Å². The van der Waals surface area contributed by atoms with Crippen molar-refractivity contribution in [1.82, 2.24) is 4.90 Å². The van der Waals surface area contributed by atoms with E-state index in [1.165, 1.54) is 18.2 Å². The van der Waals surface area contributed by atoms with Crippen molar-refractivity contribution in [2.24, 2.45) is 0 Å². The highest BCUT2D eigenvalue weighted by Gasteiger charge is 2.20. The highest BCUT2D eigenvalue weighted by molar-refractivity contribution is 5.86. The van der Waals surface area contributed by atoms with E-state index in [0.717, 1.165) is 42.9 Å². The minimum atomic E-state index is 0.395. The van der Waals surface area contributed by atoms with E-state index in [4.69, 9.17) is 17.6 Å². The Morgan fingerprint density at radius 1 is 1.32 bits per heavy atom. The second kappa shape index (κ2) is 7.87. The number of anilines is 2. The van der Waals surface area contributed by atoms with Crippen LogP contribution < -0.4 is 11.1 Å². The number of terminal acetylenes is 1. The lowest BCUT2D eigenvalue weighted by molar-refractivity contribution is 0.208. The summed E-state index contributed by atoms with van der Waals surface area (Å²) in [5.41, 5.74) is 10.5. The maximum atomic E-state index is 7.44. The van der Waals surface area contributed by atoms with Crippen molar-refractivity contribution in [3.63, 3.8) is 0 Å². The zero-order valence-corrected chi connectivity index (χ0v) is 14.3. The third kappa shape index (κ3) is 4.40. The summed E-state index contributed by atoms with van der Waals surface area (Å²) in [5, 5.41) is 11.0. The average molecular weight is 332 g/mol. The fourth-order valence-electron chi connectivity index (χ4n) is 3.36. The zero-order chi connectivity index (χ0) is 17.6. The minimum Gasteiger partial charge on any atom is -0.398 e. The maximum Gasteiger partial charge on any atom is 0.0404 e. The number of nitrogens with one attached hydrogen (secondary N) is 2. The largest absolute Gasteiger partial charge is 0.398 e. The molecule has 2 aromatic carbocycles. The van der Waals surface area contributed by atoms with Crippen molar-refractivity contribution in [2.75, 3.05) is 24.1 Å². The van der Waals surface area contributed by atoms with Crippen molar-refractivity contribution in [2.45, 2.75) is 25.4 Å². The number of hydrogen-bond acceptors (Lipinski definition) is 4. The van der Waals surface area contributed by atoms with Gasteiger partial charge in [0.25, 0.3) is 0 Å². The van der Waals surface area contributed by atoms with Crippen LogP contribution in [0.1, 0.15) is 29.5 Å². The number of likely N-dealkylation sites (tertiary alicyclic amines) is 1. The fraction of sp³-hybridized carbons (Fsp3) is 0.286. The number of nitrogens with two attached hydrogens (primary N) is 1. The summed E-state index contributed by atoms with van der Waals surface area (Å²) in [7, 11) is 0. The first-order valence-corrected chi connectivity index (χ1v) is 8.62. The molecule has 0 aromatic heterocycles. The molecule has 1 atom stereocenters. The molecule has 1 fully saturated rings. The molecule has 128 valence electrons. The van der Waals surface area contributed by atoms with Crippen LogP contribution in [0.2, 0.25) is 0 Å². The Hall–Kier alpha value is -2.77. The number of nitrogen functional groups attached to an aromatic ring is 1. The van der Waals surface area contributed by atoms with Crippen LogP contribution in [0.15, 0.2) is 42.5 Å². The number of benzene rings is 2. The van der Waals surface area contributed by atoms with E-state index >= 15 is 0 Å².